The number of methoxy groups -OCH3 is 2. The van der Waals surface area contributed by atoms with E-state index in [1.165, 1.54) is 0 Å². The van der Waals surface area contributed by atoms with Gasteiger partial charge in [-0.25, -0.2) is 0 Å². The number of hydrogen-bond acceptors (Lipinski definition) is 4. The molecule has 3 aromatic rings. The zero-order chi connectivity index (χ0) is 12.7. The van der Waals surface area contributed by atoms with Gasteiger partial charge in [0.25, 0.3) is 0 Å². The van der Waals surface area contributed by atoms with Crippen molar-refractivity contribution in [3.05, 3.63) is 30.3 Å². The maximum absolute atomic E-state index is 6.03. The quantitative estimate of drug-likeness (QED) is 0.702. The number of para-hydroxylation sites is 1. The van der Waals surface area contributed by atoms with Gasteiger partial charge in [-0.15, -0.1) is 0 Å². The molecular formula is C14H13NO3. The molecule has 0 aliphatic heterocycles. The Morgan fingerprint density at radius 3 is 2.39 bits per heavy atom. The predicted octanol–water partition coefficient (Wildman–Crippen LogP) is 3.19. The Morgan fingerprint density at radius 2 is 1.67 bits per heavy atom. The summed E-state index contributed by atoms with van der Waals surface area (Å²) in [6.45, 7) is 0. The molecule has 4 heteroatoms. The van der Waals surface area contributed by atoms with Crippen LogP contribution in [0.25, 0.3) is 21.9 Å². The maximum Gasteiger partial charge on any atom is 0.179 e. The lowest BCUT2D eigenvalue weighted by Gasteiger charge is -2.01. The van der Waals surface area contributed by atoms with Crippen LogP contribution < -0.4 is 15.2 Å². The highest BCUT2D eigenvalue weighted by atomic mass is 16.5. The van der Waals surface area contributed by atoms with Crippen LogP contribution >= 0.6 is 0 Å². The van der Waals surface area contributed by atoms with Crippen molar-refractivity contribution in [1.82, 2.24) is 0 Å². The second-order valence-electron chi connectivity index (χ2n) is 4.00. The minimum atomic E-state index is 0.650. The van der Waals surface area contributed by atoms with Crippen molar-refractivity contribution in [1.29, 1.82) is 0 Å². The van der Waals surface area contributed by atoms with Gasteiger partial charge in [0.1, 0.15) is 0 Å². The van der Waals surface area contributed by atoms with E-state index < -0.39 is 0 Å². The Kier molecular flexibility index (Phi) is 2.30. The van der Waals surface area contributed by atoms with Crippen molar-refractivity contribution in [2.75, 3.05) is 20.0 Å². The largest absolute Gasteiger partial charge is 0.493 e. The SMILES string of the molecule is COc1cccc2c1oc1c(OC)ccc(N)c12. The van der Waals surface area contributed by atoms with Crippen molar-refractivity contribution in [2.24, 2.45) is 0 Å². The summed E-state index contributed by atoms with van der Waals surface area (Å²) in [5.41, 5.74) is 8.03. The summed E-state index contributed by atoms with van der Waals surface area (Å²) in [5.74, 6) is 1.35. The monoisotopic (exact) mass is 243 g/mol. The number of benzene rings is 2. The van der Waals surface area contributed by atoms with Gasteiger partial charge < -0.3 is 19.6 Å². The molecule has 0 saturated heterocycles. The molecule has 1 heterocycles. The lowest BCUT2D eigenvalue weighted by Crippen LogP contribution is -1.88. The minimum Gasteiger partial charge on any atom is -0.493 e. The zero-order valence-corrected chi connectivity index (χ0v) is 10.2. The van der Waals surface area contributed by atoms with Crippen LogP contribution in [0.5, 0.6) is 11.5 Å². The Labute approximate surface area is 104 Å². The van der Waals surface area contributed by atoms with Crippen molar-refractivity contribution in [2.45, 2.75) is 0 Å². The van der Waals surface area contributed by atoms with E-state index in [2.05, 4.69) is 0 Å². The molecule has 0 spiro atoms. The van der Waals surface area contributed by atoms with E-state index in [-0.39, 0.29) is 0 Å². The average molecular weight is 243 g/mol. The lowest BCUT2D eigenvalue weighted by atomic mass is 10.1. The summed E-state index contributed by atoms with van der Waals surface area (Å²) in [6.07, 6.45) is 0. The van der Waals surface area contributed by atoms with Gasteiger partial charge in [-0.1, -0.05) is 12.1 Å². The van der Waals surface area contributed by atoms with Crippen molar-refractivity contribution in [3.63, 3.8) is 0 Å². The first-order chi connectivity index (χ1) is 8.76. The second kappa shape index (κ2) is 3.84. The molecule has 0 atom stereocenters. The molecule has 18 heavy (non-hydrogen) atoms. The lowest BCUT2D eigenvalue weighted by molar-refractivity contribution is 0.404. The number of anilines is 1. The number of furan rings is 1. The number of rotatable bonds is 2. The van der Waals surface area contributed by atoms with Crippen LogP contribution in [-0.4, -0.2) is 14.2 Å². The van der Waals surface area contributed by atoms with Gasteiger partial charge in [-0.05, 0) is 18.2 Å². The smallest absolute Gasteiger partial charge is 0.179 e. The molecule has 92 valence electrons. The fourth-order valence-electron chi connectivity index (χ4n) is 2.20. The van der Waals surface area contributed by atoms with Crippen LogP contribution in [0.4, 0.5) is 5.69 Å². The van der Waals surface area contributed by atoms with E-state index in [1.807, 2.05) is 24.3 Å². The highest BCUT2D eigenvalue weighted by Gasteiger charge is 2.16. The predicted molar refractivity (Wildman–Crippen MR) is 71.2 cm³/mol. The molecular weight excluding hydrogens is 230 g/mol. The highest BCUT2D eigenvalue weighted by molar-refractivity contribution is 6.13. The van der Waals surface area contributed by atoms with E-state index in [9.17, 15) is 0 Å². The number of nitrogen functional groups attached to an aromatic ring is 1. The van der Waals surface area contributed by atoms with Crippen LogP contribution in [0.3, 0.4) is 0 Å². The molecule has 0 radical (unpaired) electrons. The highest BCUT2D eigenvalue weighted by Crippen LogP contribution is 2.41. The van der Waals surface area contributed by atoms with Gasteiger partial charge in [0.05, 0.1) is 19.6 Å². The fourth-order valence-corrected chi connectivity index (χ4v) is 2.20. The molecule has 3 rings (SSSR count). The molecule has 0 amide bonds. The molecule has 4 nitrogen and oxygen atoms in total. The first kappa shape index (κ1) is 10.8. The van der Waals surface area contributed by atoms with Crippen molar-refractivity contribution >= 4 is 27.6 Å². The molecule has 2 aromatic carbocycles. The average Bonchev–Trinajstić information content (AvgIpc) is 2.79. The number of fused-ring (bicyclic) bond motifs is 3. The second-order valence-corrected chi connectivity index (χ2v) is 4.00. The Morgan fingerprint density at radius 1 is 0.944 bits per heavy atom. The molecule has 0 unspecified atom stereocenters. The van der Waals surface area contributed by atoms with Crippen molar-refractivity contribution in [3.8, 4) is 11.5 Å². The Bertz CT molecular complexity index is 731. The van der Waals surface area contributed by atoms with Gasteiger partial charge >= 0.3 is 0 Å². The molecule has 0 saturated carbocycles. The number of ether oxygens (including phenoxy) is 2. The van der Waals surface area contributed by atoms with E-state index >= 15 is 0 Å². The minimum absolute atomic E-state index is 0.650. The van der Waals surface area contributed by atoms with Crippen LogP contribution in [-0.2, 0) is 0 Å². The zero-order valence-electron chi connectivity index (χ0n) is 10.2. The van der Waals surface area contributed by atoms with Crippen LogP contribution in [0.2, 0.25) is 0 Å². The number of nitrogens with two attached hydrogens (primary N) is 1. The normalized spacial score (nSPS) is 11.0. The van der Waals surface area contributed by atoms with Crippen LogP contribution in [0.15, 0.2) is 34.7 Å². The first-order valence-corrected chi connectivity index (χ1v) is 5.58. The fraction of sp³-hybridized carbons (Fsp3) is 0.143. The molecule has 0 bridgehead atoms. The van der Waals surface area contributed by atoms with Gasteiger partial charge in [0.15, 0.2) is 22.7 Å². The molecule has 2 N–H and O–H groups in total. The van der Waals surface area contributed by atoms with Gasteiger partial charge in [-0.2, -0.15) is 0 Å². The molecule has 1 aromatic heterocycles. The van der Waals surface area contributed by atoms with E-state index in [1.54, 1.807) is 20.3 Å². The van der Waals surface area contributed by atoms with Gasteiger partial charge in [-0.3, -0.25) is 0 Å². The third-order valence-electron chi connectivity index (χ3n) is 3.05. The third kappa shape index (κ3) is 1.32. The first-order valence-electron chi connectivity index (χ1n) is 5.58. The summed E-state index contributed by atoms with van der Waals surface area (Å²) in [7, 11) is 3.22. The Balaban J connectivity index is 2.53. The topological polar surface area (TPSA) is 57.6 Å². The summed E-state index contributed by atoms with van der Waals surface area (Å²) >= 11 is 0. The number of hydrogen-bond donors (Lipinski definition) is 1. The Hall–Kier alpha value is -2.36. The molecule has 0 aliphatic rings. The molecule has 0 fully saturated rings. The maximum atomic E-state index is 6.03. The molecule has 0 aliphatic carbocycles. The third-order valence-corrected chi connectivity index (χ3v) is 3.05. The summed E-state index contributed by atoms with van der Waals surface area (Å²) in [6, 6.07) is 9.34. The van der Waals surface area contributed by atoms with Gasteiger partial charge in [0, 0.05) is 11.1 Å². The van der Waals surface area contributed by atoms with Crippen LogP contribution in [0.1, 0.15) is 0 Å². The van der Waals surface area contributed by atoms with E-state index in [4.69, 9.17) is 19.6 Å². The van der Waals surface area contributed by atoms with Crippen LogP contribution in [0, 0.1) is 0 Å². The van der Waals surface area contributed by atoms with E-state index in [0.29, 0.717) is 28.4 Å². The van der Waals surface area contributed by atoms with E-state index in [0.717, 1.165) is 10.8 Å². The standard InChI is InChI=1S/C14H13NO3/c1-16-10-5-3-4-8-12-9(15)6-7-11(17-2)14(12)18-13(8)10/h3-7H,15H2,1-2H3. The van der Waals surface area contributed by atoms with Gasteiger partial charge in [0.2, 0.25) is 0 Å². The summed E-state index contributed by atoms with van der Waals surface area (Å²) in [5, 5.41) is 1.80. The van der Waals surface area contributed by atoms with Crippen molar-refractivity contribution < 1.29 is 13.9 Å². The summed E-state index contributed by atoms with van der Waals surface area (Å²) < 4.78 is 16.4. The summed E-state index contributed by atoms with van der Waals surface area (Å²) in [4.78, 5) is 0.